The number of anilines is 1. The monoisotopic (exact) mass is 481 g/mol. The molecule has 0 radical (unpaired) electrons. The van der Waals surface area contributed by atoms with Gasteiger partial charge in [-0.3, -0.25) is 4.79 Å². The van der Waals surface area contributed by atoms with Gasteiger partial charge in [0.2, 0.25) is 5.91 Å². The first kappa shape index (κ1) is 22.7. The molecular formula is C24H20ClN3O4S. The zero-order valence-corrected chi connectivity index (χ0v) is 19.2. The van der Waals surface area contributed by atoms with Crippen molar-refractivity contribution in [2.75, 3.05) is 11.1 Å². The molecule has 0 aliphatic carbocycles. The summed E-state index contributed by atoms with van der Waals surface area (Å²) in [6.07, 6.45) is 0. The van der Waals surface area contributed by atoms with Gasteiger partial charge in [-0.2, -0.15) is 0 Å². The Morgan fingerprint density at radius 2 is 1.85 bits per heavy atom. The molecule has 7 nitrogen and oxygen atoms in total. The lowest BCUT2D eigenvalue weighted by Gasteiger charge is -2.08. The van der Waals surface area contributed by atoms with Crippen molar-refractivity contribution in [3.8, 4) is 17.2 Å². The van der Waals surface area contributed by atoms with Crippen molar-refractivity contribution in [1.29, 1.82) is 0 Å². The number of thioether (sulfide) groups is 1. The van der Waals surface area contributed by atoms with Crippen LogP contribution in [0.15, 0.2) is 82.4 Å². The van der Waals surface area contributed by atoms with Crippen molar-refractivity contribution in [3.63, 3.8) is 0 Å². The first-order valence-corrected chi connectivity index (χ1v) is 11.4. The highest BCUT2D eigenvalue weighted by atomic mass is 35.5. The Hall–Kier alpha value is -3.49. The Kier molecular flexibility index (Phi) is 7.49. The summed E-state index contributed by atoms with van der Waals surface area (Å²) >= 11 is 7.19. The molecule has 1 N–H and O–H groups in total. The summed E-state index contributed by atoms with van der Waals surface area (Å²) < 4.78 is 16.9. The van der Waals surface area contributed by atoms with Crippen LogP contribution in [-0.4, -0.2) is 21.9 Å². The van der Waals surface area contributed by atoms with Crippen molar-refractivity contribution in [2.45, 2.75) is 18.8 Å². The maximum Gasteiger partial charge on any atom is 0.277 e. The normalized spacial score (nSPS) is 10.6. The zero-order valence-electron chi connectivity index (χ0n) is 17.7. The van der Waals surface area contributed by atoms with Gasteiger partial charge in [-0.1, -0.05) is 47.6 Å². The summed E-state index contributed by atoms with van der Waals surface area (Å²) in [7, 11) is 0. The molecule has 9 heteroatoms. The number of halogens is 1. The van der Waals surface area contributed by atoms with E-state index >= 15 is 0 Å². The molecule has 1 aromatic heterocycles. The lowest BCUT2D eigenvalue weighted by Crippen LogP contribution is -2.13. The number of nitrogens with zero attached hydrogens (tertiary/aromatic N) is 2. The third-order valence-electron chi connectivity index (χ3n) is 4.33. The predicted molar refractivity (Wildman–Crippen MR) is 127 cm³/mol. The molecule has 33 heavy (non-hydrogen) atoms. The van der Waals surface area contributed by atoms with Gasteiger partial charge in [0.05, 0.1) is 10.8 Å². The van der Waals surface area contributed by atoms with Crippen LogP contribution >= 0.6 is 23.4 Å². The topological polar surface area (TPSA) is 86.5 Å². The molecule has 0 atom stereocenters. The highest BCUT2D eigenvalue weighted by Crippen LogP contribution is 2.25. The van der Waals surface area contributed by atoms with Gasteiger partial charge in [0.15, 0.2) is 6.61 Å². The quantitative estimate of drug-likeness (QED) is 0.287. The van der Waals surface area contributed by atoms with Gasteiger partial charge >= 0.3 is 0 Å². The van der Waals surface area contributed by atoms with Crippen molar-refractivity contribution in [2.24, 2.45) is 0 Å². The number of ether oxygens (including phenoxy) is 2. The molecular weight excluding hydrogens is 462 g/mol. The third kappa shape index (κ3) is 6.74. The predicted octanol–water partition coefficient (Wildman–Crippen LogP) is 6.13. The Morgan fingerprint density at radius 3 is 2.64 bits per heavy atom. The summed E-state index contributed by atoms with van der Waals surface area (Å²) in [5, 5.41) is 11.5. The second kappa shape index (κ2) is 10.9. The number of carbonyl (C=O) groups is 1. The average Bonchev–Trinajstić information content (AvgIpc) is 3.26. The Balaban J connectivity index is 1.23. The van der Waals surface area contributed by atoms with E-state index in [2.05, 4.69) is 15.5 Å². The van der Waals surface area contributed by atoms with E-state index < -0.39 is 0 Å². The number of benzene rings is 3. The first-order chi connectivity index (χ1) is 16.0. The number of para-hydroxylation sites is 1. The largest absolute Gasteiger partial charge is 0.482 e. The second-order valence-corrected chi connectivity index (χ2v) is 8.29. The molecule has 1 amide bonds. The van der Waals surface area contributed by atoms with Gasteiger partial charge in [0, 0.05) is 5.69 Å². The summed E-state index contributed by atoms with van der Waals surface area (Å²) in [5.74, 6) is 2.20. The van der Waals surface area contributed by atoms with Gasteiger partial charge < -0.3 is 19.2 Å². The Morgan fingerprint density at radius 1 is 1.03 bits per heavy atom. The lowest BCUT2D eigenvalue weighted by molar-refractivity contribution is -0.113. The number of aromatic nitrogens is 2. The molecule has 0 unspecified atom stereocenters. The smallest absolute Gasteiger partial charge is 0.277 e. The molecule has 0 bridgehead atoms. The van der Waals surface area contributed by atoms with Crippen molar-refractivity contribution >= 4 is 35.0 Å². The number of nitrogens with one attached hydrogen (secondary N) is 1. The SMILES string of the molecule is Cc1cccc(Oc2ccc(NC(=O)CSc3nnc(COc4ccccc4Cl)o3)cc2)c1. The fraction of sp³-hybridized carbons (Fsp3) is 0.125. The molecule has 0 aliphatic rings. The fourth-order valence-corrected chi connectivity index (χ4v) is 3.57. The number of amides is 1. The Bertz CT molecular complexity index is 1230. The summed E-state index contributed by atoms with van der Waals surface area (Å²) in [4.78, 5) is 12.3. The second-order valence-electron chi connectivity index (χ2n) is 6.96. The van der Waals surface area contributed by atoms with E-state index in [1.54, 1.807) is 36.4 Å². The van der Waals surface area contributed by atoms with Crippen LogP contribution in [-0.2, 0) is 11.4 Å². The number of hydrogen-bond acceptors (Lipinski definition) is 7. The maximum atomic E-state index is 12.3. The van der Waals surface area contributed by atoms with Crippen LogP contribution in [0.2, 0.25) is 5.02 Å². The van der Waals surface area contributed by atoms with E-state index in [4.69, 9.17) is 25.5 Å². The fourth-order valence-electron chi connectivity index (χ4n) is 2.80. The minimum atomic E-state index is -0.195. The molecule has 0 fully saturated rings. The molecule has 4 rings (SSSR count). The van der Waals surface area contributed by atoms with Crippen LogP contribution in [0.4, 0.5) is 5.69 Å². The van der Waals surface area contributed by atoms with Gasteiger partial charge in [-0.05, 0) is 61.0 Å². The molecule has 4 aromatic rings. The van der Waals surface area contributed by atoms with E-state index in [9.17, 15) is 4.79 Å². The van der Waals surface area contributed by atoms with Crippen molar-refractivity contribution in [3.05, 3.63) is 89.3 Å². The van der Waals surface area contributed by atoms with Crippen molar-refractivity contribution < 1.29 is 18.7 Å². The van der Waals surface area contributed by atoms with Gasteiger partial charge in [0.25, 0.3) is 11.1 Å². The summed E-state index contributed by atoms with van der Waals surface area (Å²) in [6, 6.07) is 22.1. The summed E-state index contributed by atoms with van der Waals surface area (Å²) in [5.41, 5.74) is 1.78. The van der Waals surface area contributed by atoms with Gasteiger partial charge in [0.1, 0.15) is 17.2 Å². The molecule has 0 spiro atoms. The zero-order chi connectivity index (χ0) is 23.0. The molecule has 0 saturated heterocycles. The third-order valence-corrected chi connectivity index (χ3v) is 5.46. The minimum absolute atomic E-state index is 0.0838. The molecule has 1 heterocycles. The maximum absolute atomic E-state index is 12.3. The molecule has 0 saturated carbocycles. The van der Waals surface area contributed by atoms with Crippen LogP contribution in [0.5, 0.6) is 17.2 Å². The van der Waals surface area contributed by atoms with Gasteiger partial charge in [-0.15, -0.1) is 10.2 Å². The van der Waals surface area contributed by atoms with Crippen LogP contribution in [0.3, 0.4) is 0 Å². The van der Waals surface area contributed by atoms with E-state index in [1.807, 2.05) is 43.3 Å². The molecule has 168 valence electrons. The average molecular weight is 482 g/mol. The van der Waals surface area contributed by atoms with Crippen LogP contribution < -0.4 is 14.8 Å². The lowest BCUT2D eigenvalue weighted by atomic mass is 10.2. The minimum Gasteiger partial charge on any atom is -0.482 e. The molecule has 0 aliphatic heterocycles. The van der Waals surface area contributed by atoms with Crippen LogP contribution in [0, 0.1) is 6.92 Å². The molecule has 3 aromatic carbocycles. The highest BCUT2D eigenvalue weighted by Gasteiger charge is 2.11. The first-order valence-electron chi connectivity index (χ1n) is 10.0. The number of aryl methyl sites for hydroxylation is 1. The Labute approximate surface area is 200 Å². The van der Waals surface area contributed by atoms with E-state index in [0.29, 0.717) is 28.1 Å². The number of carbonyl (C=O) groups excluding carboxylic acids is 1. The van der Waals surface area contributed by atoms with Crippen LogP contribution in [0.25, 0.3) is 0 Å². The van der Waals surface area contributed by atoms with Crippen molar-refractivity contribution in [1.82, 2.24) is 10.2 Å². The summed E-state index contributed by atoms with van der Waals surface area (Å²) in [6.45, 7) is 2.09. The van der Waals surface area contributed by atoms with Crippen LogP contribution in [0.1, 0.15) is 11.5 Å². The number of hydrogen-bond donors (Lipinski definition) is 1. The van der Waals surface area contributed by atoms with E-state index in [-0.39, 0.29) is 23.5 Å². The number of rotatable bonds is 9. The standard InChI is InChI=1S/C24H20ClN3O4S/c1-16-5-4-6-19(13-16)31-18-11-9-17(10-12-18)26-22(29)15-33-24-28-27-23(32-24)14-30-21-8-3-2-7-20(21)25/h2-13H,14-15H2,1H3,(H,26,29). The van der Waals surface area contributed by atoms with E-state index in [0.717, 1.165) is 23.1 Å². The van der Waals surface area contributed by atoms with Gasteiger partial charge in [-0.25, -0.2) is 0 Å². The van der Waals surface area contributed by atoms with E-state index in [1.165, 1.54) is 0 Å². The highest BCUT2D eigenvalue weighted by molar-refractivity contribution is 7.99.